The van der Waals surface area contributed by atoms with Gasteiger partial charge < -0.3 is 4.74 Å². The Bertz CT molecular complexity index is 175. The van der Waals surface area contributed by atoms with Crippen LogP contribution in [0.1, 0.15) is 58.8 Å². The molecule has 14 heavy (non-hydrogen) atoms. The number of hydrogen-bond donors (Lipinski definition) is 0. The van der Waals surface area contributed by atoms with Crippen LogP contribution in [0.4, 0.5) is 0 Å². The van der Waals surface area contributed by atoms with Gasteiger partial charge in [-0.1, -0.05) is 20.3 Å². The summed E-state index contributed by atoms with van der Waals surface area (Å²) in [5, 5.41) is 0. The van der Waals surface area contributed by atoms with Crippen LogP contribution in [0.15, 0.2) is 0 Å². The number of rotatable bonds is 4. The molecule has 1 saturated heterocycles. The summed E-state index contributed by atoms with van der Waals surface area (Å²) in [6.45, 7) is 4.47. The molecule has 82 valence electrons. The second-order valence-electron chi connectivity index (χ2n) is 4.68. The Morgan fingerprint density at radius 1 is 1.43 bits per heavy atom. The molecule has 1 rings (SSSR count). The highest BCUT2D eigenvalue weighted by atomic mass is 16.5. The van der Waals surface area contributed by atoms with Crippen molar-refractivity contribution in [2.24, 2.45) is 5.92 Å². The summed E-state index contributed by atoms with van der Waals surface area (Å²) in [6.07, 6.45) is 7.57. The van der Waals surface area contributed by atoms with E-state index in [0.717, 1.165) is 31.6 Å². The number of hydrogen-bond acceptors (Lipinski definition) is 2. The summed E-state index contributed by atoms with van der Waals surface area (Å²) in [4.78, 5) is 11.2. The fourth-order valence-corrected chi connectivity index (χ4v) is 1.90. The van der Waals surface area contributed by atoms with E-state index in [1.54, 1.807) is 0 Å². The molecule has 0 bridgehead atoms. The predicted molar refractivity (Wildman–Crippen MR) is 57.0 cm³/mol. The normalized spacial score (nSPS) is 23.4. The summed E-state index contributed by atoms with van der Waals surface area (Å²) < 4.78 is 5.35. The molecule has 0 spiro atoms. The van der Waals surface area contributed by atoms with Gasteiger partial charge in [-0.2, -0.15) is 0 Å². The topological polar surface area (TPSA) is 26.3 Å². The fourth-order valence-electron chi connectivity index (χ4n) is 1.90. The zero-order valence-electron chi connectivity index (χ0n) is 9.42. The SMILES string of the molecule is CC(C)CCCC1CCCCC(=O)O1. The summed E-state index contributed by atoms with van der Waals surface area (Å²) >= 11 is 0. The van der Waals surface area contributed by atoms with E-state index in [0.29, 0.717) is 6.42 Å². The van der Waals surface area contributed by atoms with E-state index >= 15 is 0 Å². The van der Waals surface area contributed by atoms with Gasteiger partial charge in [0.1, 0.15) is 6.10 Å². The van der Waals surface area contributed by atoms with Crippen LogP contribution < -0.4 is 0 Å². The van der Waals surface area contributed by atoms with Crippen molar-refractivity contribution in [2.45, 2.75) is 64.9 Å². The van der Waals surface area contributed by atoms with E-state index in [4.69, 9.17) is 4.74 Å². The van der Waals surface area contributed by atoms with E-state index < -0.39 is 0 Å². The number of ether oxygens (including phenoxy) is 1. The van der Waals surface area contributed by atoms with Crippen molar-refractivity contribution in [1.29, 1.82) is 0 Å². The van der Waals surface area contributed by atoms with E-state index in [1.807, 2.05) is 0 Å². The molecule has 2 heteroatoms. The van der Waals surface area contributed by atoms with Crippen molar-refractivity contribution in [2.75, 3.05) is 0 Å². The average Bonchev–Trinajstić information content (AvgIpc) is 2.29. The lowest BCUT2D eigenvalue weighted by Gasteiger charge is -2.15. The molecule has 1 unspecified atom stereocenters. The van der Waals surface area contributed by atoms with Crippen LogP contribution >= 0.6 is 0 Å². The van der Waals surface area contributed by atoms with Crippen LogP contribution in [0, 0.1) is 5.92 Å². The molecule has 1 aliphatic rings. The zero-order chi connectivity index (χ0) is 10.4. The summed E-state index contributed by atoms with van der Waals surface area (Å²) in [5.74, 6) is 0.772. The van der Waals surface area contributed by atoms with Gasteiger partial charge >= 0.3 is 5.97 Å². The van der Waals surface area contributed by atoms with Gasteiger partial charge in [0, 0.05) is 6.42 Å². The minimum atomic E-state index is 0.0112. The van der Waals surface area contributed by atoms with Crippen molar-refractivity contribution < 1.29 is 9.53 Å². The van der Waals surface area contributed by atoms with Gasteiger partial charge in [-0.25, -0.2) is 0 Å². The molecule has 0 radical (unpaired) electrons. The highest BCUT2D eigenvalue weighted by Crippen LogP contribution is 2.19. The first-order valence-electron chi connectivity index (χ1n) is 5.88. The molecule has 2 nitrogen and oxygen atoms in total. The minimum absolute atomic E-state index is 0.0112. The maximum atomic E-state index is 11.2. The fraction of sp³-hybridized carbons (Fsp3) is 0.917. The molecule has 0 aliphatic carbocycles. The molecule has 1 aliphatic heterocycles. The first-order valence-corrected chi connectivity index (χ1v) is 5.88. The lowest BCUT2D eigenvalue weighted by Crippen LogP contribution is -2.15. The largest absolute Gasteiger partial charge is 0.462 e. The van der Waals surface area contributed by atoms with Crippen molar-refractivity contribution in [3.63, 3.8) is 0 Å². The molecule has 0 N–H and O–H groups in total. The van der Waals surface area contributed by atoms with Crippen LogP contribution in [0.5, 0.6) is 0 Å². The van der Waals surface area contributed by atoms with Crippen molar-refractivity contribution in [1.82, 2.24) is 0 Å². The molecule has 0 aromatic heterocycles. The monoisotopic (exact) mass is 198 g/mol. The summed E-state index contributed by atoms with van der Waals surface area (Å²) in [7, 11) is 0. The minimum Gasteiger partial charge on any atom is -0.462 e. The van der Waals surface area contributed by atoms with Gasteiger partial charge in [-0.3, -0.25) is 4.79 Å². The Hall–Kier alpha value is -0.530. The zero-order valence-corrected chi connectivity index (χ0v) is 9.42. The van der Waals surface area contributed by atoms with Crippen LogP contribution in [0.2, 0.25) is 0 Å². The Kier molecular flexibility index (Phi) is 4.99. The first-order chi connectivity index (χ1) is 6.68. The van der Waals surface area contributed by atoms with E-state index in [2.05, 4.69) is 13.8 Å². The summed E-state index contributed by atoms with van der Waals surface area (Å²) in [5.41, 5.74) is 0. The third kappa shape index (κ3) is 4.64. The van der Waals surface area contributed by atoms with Crippen LogP contribution in [-0.4, -0.2) is 12.1 Å². The van der Waals surface area contributed by atoms with Crippen LogP contribution in [0.25, 0.3) is 0 Å². The van der Waals surface area contributed by atoms with Gasteiger partial charge in [-0.15, -0.1) is 0 Å². The Balaban J connectivity index is 2.18. The Morgan fingerprint density at radius 3 is 2.93 bits per heavy atom. The van der Waals surface area contributed by atoms with Crippen molar-refractivity contribution in [3.05, 3.63) is 0 Å². The summed E-state index contributed by atoms with van der Waals surface area (Å²) in [6, 6.07) is 0. The number of carbonyl (C=O) groups excluding carboxylic acids is 1. The molecule has 1 atom stereocenters. The lowest BCUT2D eigenvalue weighted by atomic mass is 10.0. The van der Waals surface area contributed by atoms with Crippen LogP contribution in [0.3, 0.4) is 0 Å². The van der Waals surface area contributed by atoms with Gasteiger partial charge in [0.2, 0.25) is 0 Å². The quantitative estimate of drug-likeness (QED) is 0.648. The molecule has 0 aromatic carbocycles. The predicted octanol–water partition coefficient (Wildman–Crippen LogP) is 3.30. The molecular weight excluding hydrogens is 176 g/mol. The second-order valence-corrected chi connectivity index (χ2v) is 4.68. The van der Waals surface area contributed by atoms with E-state index in [9.17, 15) is 4.79 Å². The van der Waals surface area contributed by atoms with Crippen LogP contribution in [-0.2, 0) is 9.53 Å². The maximum Gasteiger partial charge on any atom is 0.306 e. The standard InChI is InChI=1S/C12H22O2/c1-10(2)6-5-8-11-7-3-4-9-12(13)14-11/h10-11H,3-9H2,1-2H3. The molecule has 0 saturated carbocycles. The van der Waals surface area contributed by atoms with E-state index in [1.165, 1.54) is 12.8 Å². The molecular formula is C12H22O2. The first kappa shape index (κ1) is 11.5. The number of carbonyl (C=O) groups is 1. The van der Waals surface area contributed by atoms with Gasteiger partial charge in [0.25, 0.3) is 0 Å². The third-order valence-electron chi connectivity index (χ3n) is 2.76. The maximum absolute atomic E-state index is 11.2. The number of esters is 1. The second kappa shape index (κ2) is 6.05. The van der Waals surface area contributed by atoms with E-state index in [-0.39, 0.29) is 12.1 Å². The Morgan fingerprint density at radius 2 is 2.21 bits per heavy atom. The smallest absolute Gasteiger partial charge is 0.306 e. The molecule has 1 heterocycles. The molecule has 0 aromatic rings. The third-order valence-corrected chi connectivity index (χ3v) is 2.76. The molecule has 0 amide bonds. The average molecular weight is 198 g/mol. The lowest BCUT2D eigenvalue weighted by molar-refractivity contribution is -0.148. The molecule has 1 fully saturated rings. The van der Waals surface area contributed by atoms with Gasteiger partial charge in [0.05, 0.1) is 0 Å². The Labute approximate surface area is 87.0 Å². The highest BCUT2D eigenvalue weighted by molar-refractivity contribution is 5.69. The van der Waals surface area contributed by atoms with Gasteiger partial charge in [-0.05, 0) is 38.0 Å². The van der Waals surface area contributed by atoms with Gasteiger partial charge in [0.15, 0.2) is 0 Å². The number of cyclic esters (lactones) is 1. The highest BCUT2D eigenvalue weighted by Gasteiger charge is 2.17. The van der Waals surface area contributed by atoms with Crippen molar-refractivity contribution in [3.8, 4) is 0 Å². The van der Waals surface area contributed by atoms with Crippen molar-refractivity contribution >= 4 is 5.97 Å².